The van der Waals surface area contributed by atoms with Gasteiger partial charge in [-0.25, -0.2) is 0 Å². The molecular formula is C55H48N2. The maximum Gasteiger partial charge on any atom is 0.0570 e. The van der Waals surface area contributed by atoms with Crippen molar-refractivity contribution in [1.82, 2.24) is 0 Å². The van der Waals surface area contributed by atoms with E-state index in [1.165, 1.54) is 55.4 Å². The van der Waals surface area contributed by atoms with Gasteiger partial charge >= 0.3 is 0 Å². The van der Waals surface area contributed by atoms with Crippen LogP contribution in [0.25, 0.3) is 35.1 Å². The fourth-order valence-corrected chi connectivity index (χ4v) is 7.39. The highest BCUT2D eigenvalue weighted by Crippen LogP contribution is 2.47. The summed E-state index contributed by atoms with van der Waals surface area (Å²) in [4.78, 5) is 4.82. The second-order valence-corrected chi connectivity index (χ2v) is 15.1. The van der Waals surface area contributed by atoms with Crippen molar-refractivity contribution in [2.24, 2.45) is 0 Å². The van der Waals surface area contributed by atoms with E-state index in [0.717, 1.165) is 39.6 Å². The highest BCUT2D eigenvalue weighted by atomic mass is 15.2. The summed E-state index contributed by atoms with van der Waals surface area (Å²) in [5.41, 5.74) is 17.6. The van der Waals surface area contributed by atoms with Crippen LogP contribution in [0.5, 0.6) is 0 Å². The molecule has 0 bridgehead atoms. The predicted molar refractivity (Wildman–Crippen MR) is 248 cm³/mol. The van der Waals surface area contributed by atoms with Crippen LogP contribution in [-0.4, -0.2) is 0 Å². The minimum Gasteiger partial charge on any atom is -0.310 e. The molecule has 8 rings (SSSR count). The molecule has 0 heterocycles. The van der Waals surface area contributed by atoms with Crippen LogP contribution >= 0.6 is 0 Å². The minimum absolute atomic E-state index is 1.10. The van der Waals surface area contributed by atoms with Crippen LogP contribution < -0.4 is 9.80 Å². The molecule has 0 fully saturated rings. The molecule has 0 spiro atoms. The Kier molecular flexibility index (Phi) is 10.7. The molecule has 0 aromatic heterocycles. The summed E-state index contributed by atoms with van der Waals surface area (Å²) in [6.07, 6.45) is 8.73. The number of aryl methyl sites for hydroxylation is 5. The van der Waals surface area contributed by atoms with Crippen LogP contribution in [0.1, 0.15) is 50.1 Å². The molecule has 0 unspecified atom stereocenters. The smallest absolute Gasteiger partial charge is 0.0570 e. The van der Waals surface area contributed by atoms with Gasteiger partial charge in [-0.15, -0.1) is 0 Å². The van der Waals surface area contributed by atoms with Crippen LogP contribution in [0.4, 0.5) is 34.1 Å². The summed E-state index contributed by atoms with van der Waals surface area (Å²) in [5, 5.41) is 2.36. The van der Waals surface area contributed by atoms with Crippen molar-refractivity contribution in [3.05, 3.63) is 226 Å². The molecule has 2 nitrogen and oxygen atoms in total. The quantitative estimate of drug-likeness (QED) is 0.129. The molecule has 0 aliphatic heterocycles. The Morgan fingerprint density at radius 1 is 0.316 bits per heavy atom. The van der Waals surface area contributed by atoms with E-state index in [9.17, 15) is 0 Å². The zero-order valence-electron chi connectivity index (χ0n) is 33.4. The number of rotatable bonds is 10. The van der Waals surface area contributed by atoms with Gasteiger partial charge in [0.1, 0.15) is 0 Å². The van der Waals surface area contributed by atoms with E-state index in [4.69, 9.17) is 0 Å². The number of hydrogen-bond donors (Lipinski definition) is 0. The first kappa shape index (κ1) is 37.0. The summed E-state index contributed by atoms with van der Waals surface area (Å²) in [6, 6.07) is 64.0. The van der Waals surface area contributed by atoms with Crippen molar-refractivity contribution in [2.45, 2.75) is 34.6 Å². The van der Waals surface area contributed by atoms with Gasteiger partial charge in [0.05, 0.1) is 11.4 Å². The van der Waals surface area contributed by atoms with Gasteiger partial charge in [-0.2, -0.15) is 0 Å². The molecule has 0 amide bonds. The monoisotopic (exact) mass is 736 g/mol. The van der Waals surface area contributed by atoms with E-state index >= 15 is 0 Å². The minimum atomic E-state index is 1.10. The summed E-state index contributed by atoms with van der Waals surface area (Å²) < 4.78 is 0. The standard InChI is InChI=1S/C55H48N2/c1-39-10-18-44(19-11-39)22-24-46-26-34-49(35-27-46)56(48-30-14-41(3)15-31-48)54-38-43(5)55(53-9-7-6-8-52(53)54)57(50-32-16-42(4)17-33-50)51-36-28-47(29-37-51)25-23-45-20-12-40(2)13-21-45/h6-38H,1-5H3/b24-22+,25-23+. The molecule has 0 radical (unpaired) electrons. The molecule has 0 aliphatic rings. The number of hydrogen-bond acceptors (Lipinski definition) is 2. The topological polar surface area (TPSA) is 6.48 Å². The van der Waals surface area contributed by atoms with Crippen LogP contribution in [0.3, 0.4) is 0 Å². The van der Waals surface area contributed by atoms with Gasteiger partial charge in [-0.05, 0) is 117 Å². The van der Waals surface area contributed by atoms with E-state index in [2.05, 4.69) is 245 Å². The van der Waals surface area contributed by atoms with Gasteiger partial charge in [-0.3, -0.25) is 0 Å². The Morgan fingerprint density at radius 2 is 0.614 bits per heavy atom. The van der Waals surface area contributed by atoms with Crippen molar-refractivity contribution in [1.29, 1.82) is 0 Å². The van der Waals surface area contributed by atoms with Crippen LogP contribution in [0, 0.1) is 34.6 Å². The number of benzene rings is 8. The maximum atomic E-state index is 2.42. The van der Waals surface area contributed by atoms with Gasteiger partial charge in [0.15, 0.2) is 0 Å². The van der Waals surface area contributed by atoms with Crippen molar-refractivity contribution in [3.8, 4) is 0 Å². The average Bonchev–Trinajstić information content (AvgIpc) is 3.24. The van der Waals surface area contributed by atoms with E-state index in [-0.39, 0.29) is 0 Å². The molecule has 278 valence electrons. The molecule has 8 aromatic rings. The van der Waals surface area contributed by atoms with E-state index < -0.39 is 0 Å². The number of fused-ring (bicyclic) bond motifs is 1. The first-order valence-electron chi connectivity index (χ1n) is 19.7. The van der Waals surface area contributed by atoms with Crippen LogP contribution in [0.2, 0.25) is 0 Å². The molecule has 0 saturated heterocycles. The fourth-order valence-electron chi connectivity index (χ4n) is 7.39. The van der Waals surface area contributed by atoms with Crippen LogP contribution in [-0.2, 0) is 0 Å². The Bertz CT molecular complexity index is 2660. The summed E-state index contributed by atoms with van der Waals surface area (Å²) in [5.74, 6) is 0. The Balaban J connectivity index is 1.22. The molecule has 0 N–H and O–H groups in total. The van der Waals surface area contributed by atoms with Crippen molar-refractivity contribution in [2.75, 3.05) is 9.80 Å². The van der Waals surface area contributed by atoms with Gasteiger partial charge in [-0.1, -0.05) is 168 Å². The molecule has 0 aliphatic carbocycles. The predicted octanol–water partition coefficient (Wildman–Crippen LogP) is 15.7. The third kappa shape index (κ3) is 8.37. The van der Waals surface area contributed by atoms with Crippen molar-refractivity contribution < 1.29 is 0 Å². The third-order valence-corrected chi connectivity index (χ3v) is 10.6. The highest BCUT2D eigenvalue weighted by molar-refractivity contribution is 6.08. The molecular weight excluding hydrogens is 689 g/mol. The van der Waals surface area contributed by atoms with Gasteiger partial charge < -0.3 is 9.80 Å². The first-order valence-corrected chi connectivity index (χ1v) is 19.7. The Morgan fingerprint density at radius 3 is 1.00 bits per heavy atom. The van der Waals surface area contributed by atoms with Crippen LogP contribution in [0.15, 0.2) is 176 Å². The Labute approximate surface area is 338 Å². The lowest BCUT2D eigenvalue weighted by Crippen LogP contribution is -2.15. The summed E-state index contributed by atoms with van der Waals surface area (Å²) in [6.45, 7) is 10.8. The molecule has 0 saturated carbocycles. The van der Waals surface area contributed by atoms with Crippen molar-refractivity contribution in [3.63, 3.8) is 0 Å². The van der Waals surface area contributed by atoms with E-state index in [0.29, 0.717) is 0 Å². The molecule has 0 atom stereocenters. The van der Waals surface area contributed by atoms with E-state index in [1.54, 1.807) is 0 Å². The molecule has 8 aromatic carbocycles. The van der Waals surface area contributed by atoms with Crippen molar-refractivity contribution >= 4 is 69.2 Å². The maximum absolute atomic E-state index is 2.42. The molecule has 57 heavy (non-hydrogen) atoms. The SMILES string of the molecule is Cc1ccc(/C=C/c2ccc(N(c3ccc(C)cc3)c3cc(C)c(N(c4ccc(C)cc4)c4ccc(/C=C/c5ccc(C)cc5)cc4)c4ccccc34)cc2)cc1. The zero-order chi connectivity index (χ0) is 39.3. The second-order valence-electron chi connectivity index (χ2n) is 15.1. The zero-order valence-corrected chi connectivity index (χ0v) is 33.4. The van der Waals surface area contributed by atoms with Gasteiger partial charge in [0.25, 0.3) is 0 Å². The number of anilines is 6. The fraction of sp³-hybridized carbons (Fsp3) is 0.0909. The third-order valence-electron chi connectivity index (χ3n) is 10.6. The normalized spacial score (nSPS) is 11.5. The first-order chi connectivity index (χ1) is 27.8. The highest BCUT2D eigenvalue weighted by Gasteiger charge is 2.23. The van der Waals surface area contributed by atoms with Gasteiger partial charge in [0, 0.05) is 33.5 Å². The lowest BCUT2D eigenvalue weighted by molar-refractivity contribution is 1.24. The number of nitrogens with zero attached hydrogens (tertiary/aromatic N) is 2. The Hall–Kier alpha value is -6.90. The summed E-state index contributed by atoms with van der Waals surface area (Å²) in [7, 11) is 0. The van der Waals surface area contributed by atoms with Gasteiger partial charge in [0.2, 0.25) is 0 Å². The average molecular weight is 737 g/mol. The molecule has 2 heteroatoms. The lowest BCUT2D eigenvalue weighted by atomic mass is 9.98. The second kappa shape index (κ2) is 16.5. The largest absolute Gasteiger partial charge is 0.310 e. The van der Waals surface area contributed by atoms with E-state index in [1.807, 2.05) is 0 Å². The summed E-state index contributed by atoms with van der Waals surface area (Å²) >= 11 is 0. The lowest BCUT2D eigenvalue weighted by Gasteiger charge is -2.32.